The topological polar surface area (TPSA) is 47.6 Å². The fraction of sp³-hybridized carbons (Fsp3) is 0.188. The van der Waals surface area contributed by atoms with E-state index in [9.17, 15) is 9.18 Å². The molecule has 0 aliphatic carbocycles. The number of benzene rings is 2. The lowest BCUT2D eigenvalue weighted by atomic mass is 10.1. The van der Waals surface area contributed by atoms with E-state index in [1.807, 2.05) is 6.07 Å². The van der Waals surface area contributed by atoms with E-state index in [4.69, 9.17) is 9.47 Å². The van der Waals surface area contributed by atoms with Gasteiger partial charge in [0.2, 0.25) is 5.91 Å². The molecule has 0 unspecified atom stereocenters. The van der Waals surface area contributed by atoms with Gasteiger partial charge in [-0.2, -0.15) is 0 Å². The van der Waals surface area contributed by atoms with Crippen LogP contribution < -0.4 is 14.8 Å². The van der Waals surface area contributed by atoms with E-state index in [1.165, 1.54) is 32.4 Å². The van der Waals surface area contributed by atoms with Crippen LogP contribution >= 0.6 is 0 Å². The minimum absolute atomic E-state index is 0.0129. The number of amides is 1. The fourth-order valence-corrected chi connectivity index (χ4v) is 2.00. The van der Waals surface area contributed by atoms with E-state index in [0.29, 0.717) is 22.7 Å². The van der Waals surface area contributed by atoms with Crippen molar-refractivity contribution < 1.29 is 18.7 Å². The Morgan fingerprint density at radius 1 is 1.10 bits per heavy atom. The molecule has 2 rings (SSSR count). The number of carbonyl (C=O) groups is 1. The van der Waals surface area contributed by atoms with Crippen LogP contribution in [0.15, 0.2) is 42.5 Å². The van der Waals surface area contributed by atoms with Crippen molar-refractivity contribution in [1.82, 2.24) is 0 Å². The Bertz CT molecular complexity index is 643. The van der Waals surface area contributed by atoms with Gasteiger partial charge in [0.1, 0.15) is 17.3 Å². The summed E-state index contributed by atoms with van der Waals surface area (Å²) in [4.78, 5) is 12.1. The van der Waals surface area contributed by atoms with Crippen LogP contribution in [-0.4, -0.2) is 20.1 Å². The van der Waals surface area contributed by atoms with Crippen LogP contribution in [0.5, 0.6) is 11.5 Å². The Kier molecular flexibility index (Phi) is 4.77. The summed E-state index contributed by atoms with van der Waals surface area (Å²) in [6, 6.07) is 11.2. The molecule has 0 saturated carbocycles. The molecule has 0 saturated heterocycles. The number of rotatable bonds is 5. The lowest BCUT2D eigenvalue weighted by Gasteiger charge is -2.11. The number of hydrogen-bond donors (Lipinski definition) is 1. The maximum absolute atomic E-state index is 13.3. The van der Waals surface area contributed by atoms with Crippen LogP contribution in [-0.2, 0) is 11.2 Å². The summed E-state index contributed by atoms with van der Waals surface area (Å²) in [5.74, 6) is 0.364. The summed E-state index contributed by atoms with van der Waals surface area (Å²) in [6.07, 6.45) is 0.0129. The molecule has 0 fully saturated rings. The highest BCUT2D eigenvalue weighted by atomic mass is 19.1. The van der Waals surface area contributed by atoms with Crippen molar-refractivity contribution in [3.8, 4) is 11.5 Å². The quantitative estimate of drug-likeness (QED) is 0.920. The van der Waals surface area contributed by atoms with Gasteiger partial charge in [-0.1, -0.05) is 12.1 Å². The molecule has 0 radical (unpaired) electrons. The highest BCUT2D eigenvalue weighted by Crippen LogP contribution is 2.24. The van der Waals surface area contributed by atoms with E-state index >= 15 is 0 Å². The number of halogens is 1. The van der Waals surface area contributed by atoms with Crippen LogP contribution in [0.2, 0.25) is 0 Å². The molecular formula is C16H16FNO3. The average Bonchev–Trinajstić information content (AvgIpc) is 2.48. The molecule has 21 heavy (non-hydrogen) atoms. The van der Waals surface area contributed by atoms with Crippen molar-refractivity contribution in [2.24, 2.45) is 0 Å². The Labute approximate surface area is 122 Å². The van der Waals surface area contributed by atoms with Crippen molar-refractivity contribution in [3.63, 3.8) is 0 Å². The van der Waals surface area contributed by atoms with Crippen molar-refractivity contribution >= 4 is 11.6 Å². The molecule has 0 atom stereocenters. The van der Waals surface area contributed by atoms with E-state index < -0.39 is 5.82 Å². The monoisotopic (exact) mass is 289 g/mol. The summed E-state index contributed by atoms with van der Waals surface area (Å²) in [5, 5.41) is 2.74. The SMILES string of the molecule is COc1ccc(F)cc1CC(=O)Nc1ccccc1OC. The predicted octanol–water partition coefficient (Wildman–Crippen LogP) is 3.02. The molecular weight excluding hydrogens is 273 g/mol. The Morgan fingerprint density at radius 2 is 1.81 bits per heavy atom. The van der Waals surface area contributed by atoms with Gasteiger partial charge in [-0.05, 0) is 30.3 Å². The lowest BCUT2D eigenvalue weighted by Crippen LogP contribution is -2.15. The average molecular weight is 289 g/mol. The summed E-state index contributed by atoms with van der Waals surface area (Å²) < 4.78 is 23.6. The molecule has 4 nitrogen and oxygen atoms in total. The summed E-state index contributed by atoms with van der Waals surface area (Å²) >= 11 is 0. The largest absolute Gasteiger partial charge is 0.496 e. The normalized spacial score (nSPS) is 10.0. The van der Waals surface area contributed by atoms with Gasteiger partial charge in [0.15, 0.2) is 0 Å². The van der Waals surface area contributed by atoms with Crippen molar-refractivity contribution in [1.29, 1.82) is 0 Å². The number of ether oxygens (including phenoxy) is 2. The van der Waals surface area contributed by atoms with Gasteiger partial charge in [-0.15, -0.1) is 0 Å². The number of nitrogens with one attached hydrogen (secondary N) is 1. The standard InChI is InChI=1S/C16H16FNO3/c1-20-14-8-7-12(17)9-11(14)10-16(19)18-13-5-3-4-6-15(13)21-2/h3-9H,10H2,1-2H3,(H,18,19). The highest BCUT2D eigenvalue weighted by Gasteiger charge is 2.12. The zero-order valence-electron chi connectivity index (χ0n) is 11.9. The second kappa shape index (κ2) is 6.74. The second-order valence-electron chi connectivity index (χ2n) is 4.38. The fourth-order valence-electron chi connectivity index (χ4n) is 2.00. The van der Waals surface area contributed by atoms with Crippen LogP contribution in [0.25, 0.3) is 0 Å². The molecule has 1 N–H and O–H groups in total. The van der Waals surface area contributed by atoms with Gasteiger partial charge >= 0.3 is 0 Å². The number of methoxy groups -OCH3 is 2. The zero-order chi connectivity index (χ0) is 15.2. The van der Waals surface area contributed by atoms with Gasteiger partial charge < -0.3 is 14.8 Å². The Morgan fingerprint density at radius 3 is 2.52 bits per heavy atom. The minimum Gasteiger partial charge on any atom is -0.496 e. The number of para-hydroxylation sites is 2. The van der Waals surface area contributed by atoms with E-state index in [2.05, 4.69) is 5.32 Å². The van der Waals surface area contributed by atoms with Gasteiger partial charge in [-0.25, -0.2) is 4.39 Å². The first-order chi connectivity index (χ1) is 10.1. The molecule has 1 amide bonds. The molecule has 5 heteroatoms. The van der Waals surface area contributed by atoms with Gasteiger partial charge in [0, 0.05) is 5.56 Å². The molecule has 0 spiro atoms. The van der Waals surface area contributed by atoms with Crippen LogP contribution in [0.4, 0.5) is 10.1 Å². The second-order valence-corrected chi connectivity index (χ2v) is 4.38. The van der Waals surface area contributed by atoms with Crippen molar-refractivity contribution in [3.05, 3.63) is 53.8 Å². The van der Waals surface area contributed by atoms with E-state index in [1.54, 1.807) is 18.2 Å². The van der Waals surface area contributed by atoms with Crippen molar-refractivity contribution in [2.75, 3.05) is 19.5 Å². The van der Waals surface area contributed by atoms with Gasteiger partial charge in [-0.3, -0.25) is 4.79 Å². The molecule has 0 aliphatic heterocycles. The molecule has 0 aliphatic rings. The maximum atomic E-state index is 13.3. The minimum atomic E-state index is -0.407. The van der Waals surface area contributed by atoms with Gasteiger partial charge in [0.05, 0.1) is 26.3 Å². The molecule has 110 valence electrons. The van der Waals surface area contributed by atoms with Crippen LogP contribution in [0, 0.1) is 5.82 Å². The first kappa shape index (κ1) is 14.8. The van der Waals surface area contributed by atoms with E-state index in [0.717, 1.165) is 0 Å². The first-order valence-electron chi connectivity index (χ1n) is 6.39. The Balaban J connectivity index is 2.13. The number of hydrogen-bond acceptors (Lipinski definition) is 3. The zero-order valence-corrected chi connectivity index (χ0v) is 11.9. The first-order valence-corrected chi connectivity index (χ1v) is 6.39. The van der Waals surface area contributed by atoms with E-state index in [-0.39, 0.29) is 12.3 Å². The highest BCUT2D eigenvalue weighted by molar-refractivity contribution is 5.94. The Hall–Kier alpha value is -2.56. The summed E-state index contributed by atoms with van der Waals surface area (Å²) in [5.41, 5.74) is 1.06. The number of carbonyl (C=O) groups excluding carboxylic acids is 1. The van der Waals surface area contributed by atoms with Crippen LogP contribution in [0.3, 0.4) is 0 Å². The molecule has 0 bridgehead atoms. The predicted molar refractivity (Wildman–Crippen MR) is 78.3 cm³/mol. The molecule has 2 aromatic carbocycles. The number of anilines is 1. The third-order valence-corrected chi connectivity index (χ3v) is 2.97. The molecule has 0 heterocycles. The smallest absolute Gasteiger partial charge is 0.229 e. The van der Waals surface area contributed by atoms with Gasteiger partial charge in [0.25, 0.3) is 0 Å². The summed E-state index contributed by atoms with van der Waals surface area (Å²) in [7, 11) is 3.01. The summed E-state index contributed by atoms with van der Waals surface area (Å²) in [6.45, 7) is 0. The molecule has 0 aromatic heterocycles. The lowest BCUT2D eigenvalue weighted by molar-refractivity contribution is -0.115. The maximum Gasteiger partial charge on any atom is 0.229 e. The third-order valence-electron chi connectivity index (χ3n) is 2.97. The van der Waals surface area contributed by atoms with Crippen molar-refractivity contribution in [2.45, 2.75) is 6.42 Å². The third kappa shape index (κ3) is 3.72. The van der Waals surface area contributed by atoms with Crippen LogP contribution in [0.1, 0.15) is 5.56 Å². The molecule has 2 aromatic rings.